The first-order valence-corrected chi connectivity index (χ1v) is 7.65. The molecule has 132 valence electrons. The van der Waals surface area contributed by atoms with Crippen LogP contribution >= 0.6 is 0 Å². The quantitative estimate of drug-likeness (QED) is 0.683. The molecule has 0 aliphatic rings. The lowest BCUT2D eigenvalue weighted by Gasteiger charge is -2.12. The second-order valence-corrected chi connectivity index (χ2v) is 5.06. The van der Waals surface area contributed by atoms with Gasteiger partial charge in [0.2, 0.25) is 5.56 Å². The van der Waals surface area contributed by atoms with Gasteiger partial charge in [0, 0.05) is 17.8 Å². The third-order valence-corrected chi connectivity index (χ3v) is 3.22. The topological polar surface area (TPSA) is 110 Å². The van der Waals surface area contributed by atoms with E-state index in [1.54, 1.807) is 12.1 Å². The molecule has 0 radical (unpaired) electrons. The lowest BCUT2D eigenvalue weighted by Crippen LogP contribution is -2.41. The molecule has 0 fully saturated rings. The van der Waals surface area contributed by atoms with Crippen molar-refractivity contribution < 1.29 is 19.1 Å². The van der Waals surface area contributed by atoms with E-state index in [1.165, 1.54) is 31.5 Å². The monoisotopic (exact) mass is 345 g/mol. The normalized spacial score (nSPS) is 10.0. The van der Waals surface area contributed by atoms with Gasteiger partial charge in [-0.15, -0.1) is 0 Å². The third kappa shape index (κ3) is 4.84. The predicted octanol–water partition coefficient (Wildman–Crippen LogP) is 1.25. The van der Waals surface area contributed by atoms with E-state index in [4.69, 9.17) is 9.47 Å². The summed E-state index contributed by atoms with van der Waals surface area (Å²) in [5.41, 5.74) is 4.75. The van der Waals surface area contributed by atoms with Gasteiger partial charge >= 0.3 is 0 Å². The number of H-pyrrole nitrogens is 1. The average molecular weight is 345 g/mol. The van der Waals surface area contributed by atoms with Gasteiger partial charge in [0.15, 0.2) is 11.5 Å². The first kappa shape index (κ1) is 18.1. The van der Waals surface area contributed by atoms with Gasteiger partial charge in [-0.2, -0.15) is 0 Å². The minimum Gasteiger partial charge on any atom is -0.493 e. The van der Waals surface area contributed by atoms with Crippen LogP contribution in [-0.2, 0) is 0 Å². The number of benzene rings is 1. The number of methoxy groups -OCH3 is 1. The summed E-state index contributed by atoms with van der Waals surface area (Å²) in [6.45, 7) is 2.52. The van der Waals surface area contributed by atoms with Crippen molar-refractivity contribution in [2.24, 2.45) is 0 Å². The number of amides is 2. The Bertz CT molecular complexity index is 796. The van der Waals surface area contributed by atoms with Gasteiger partial charge in [-0.05, 0) is 30.7 Å². The fourth-order valence-electron chi connectivity index (χ4n) is 1.95. The summed E-state index contributed by atoms with van der Waals surface area (Å²) in [6, 6.07) is 7.29. The maximum atomic E-state index is 12.1. The van der Waals surface area contributed by atoms with Crippen molar-refractivity contribution in [2.75, 3.05) is 13.7 Å². The number of rotatable bonds is 6. The van der Waals surface area contributed by atoms with Crippen molar-refractivity contribution in [3.8, 4) is 11.5 Å². The fraction of sp³-hybridized carbons (Fsp3) is 0.235. The zero-order chi connectivity index (χ0) is 18.2. The summed E-state index contributed by atoms with van der Waals surface area (Å²) in [4.78, 5) is 37.4. The SMILES string of the molecule is CCCOc1ccc(C(=O)NNC(=O)c2ccc(=O)[nH]c2)cc1OC. The Kier molecular flexibility index (Phi) is 6.16. The van der Waals surface area contributed by atoms with Gasteiger partial charge in [0.1, 0.15) is 0 Å². The molecule has 8 heteroatoms. The van der Waals surface area contributed by atoms with E-state index in [0.29, 0.717) is 23.7 Å². The lowest BCUT2D eigenvalue weighted by atomic mass is 10.2. The zero-order valence-electron chi connectivity index (χ0n) is 13.9. The van der Waals surface area contributed by atoms with E-state index in [0.717, 1.165) is 6.42 Å². The first-order chi connectivity index (χ1) is 12.0. The molecule has 25 heavy (non-hydrogen) atoms. The zero-order valence-corrected chi connectivity index (χ0v) is 13.9. The van der Waals surface area contributed by atoms with Crippen molar-refractivity contribution in [1.82, 2.24) is 15.8 Å². The summed E-state index contributed by atoms with van der Waals surface area (Å²) in [6.07, 6.45) is 2.11. The van der Waals surface area contributed by atoms with Crippen LogP contribution in [0.1, 0.15) is 34.1 Å². The highest BCUT2D eigenvalue weighted by Crippen LogP contribution is 2.28. The Labute approximate surface area is 144 Å². The third-order valence-electron chi connectivity index (χ3n) is 3.22. The van der Waals surface area contributed by atoms with Crippen molar-refractivity contribution in [2.45, 2.75) is 13.3 Å². The number of hydrogen-bond acceptors (Lipinski definition) is 5. The van der Waals surface area contributed by atoms with Crippen LogP contribution in [0.5, 0.6) is 11.5 Å². The summed E-state index contributed by atoms with van der Waals surface area (Å²) in [5, 5.41) is 0. The maximum Gasteiger partial charge on any atom is 0.271 e. The van der Waals surface area contributed by atoms with E-state index >= 15 is 0 Å². The van der Waals surface area contributed by atoms with Crippen LogP contribution in [-0.4, -0.2) is 30.5 Å². The number of nitrogens with one attached hydrogen (secondary N) is 3. The van der Waals surface area contributed by atoms with Crippen LogP contribution < -0.4 is 25.9 Å². The van der Waals surface area contributed by atoms with E-state index < -0.39 is 11.8 Å². The van der Waals surface area contributed by atoms with Crippen LogP contribution in [0.25, 0.3) is 0 Å². The van der Waals surface area contributed by atoms with E-state index in [1.807, 2.05) is 6.92 Å². The van der Waals surface area contributed by atoms with Gasteiger partial charge in [0.05, 0.1) is 19.3 Å². The van der Waals surface area contributed by atoms with Crippen molar-refractivity contribution in [1.29, 1.82) is 0 Å². The first-order valence-electron chi connectivity index (χ1n) is 7.65. The minimum absolute atomic E-state index is 0.209. The summed E-state index contributed by atoms with van der Waals surface area (Å²) < 4.78 is 10.7. The van der Waals surface area contributed by atoms with Crippen molar-refractivity contribution >= 4 is 11.8 Å². The summed E-state index contributed by atoms with van der Waals surface area (Å²) in [7, 11) is 1.48. The molecule has 0 saturated heterocycles. The Balaban J connectivity index is 2.01. The van der Waals surface area contributed by atoms with Crippen LogP contribution in [0, 0.1) is 0 Å². The van der Waals surface area contributed by atoms with Crippen molar-refractivity contribution in [3.05, 3.63) is 58.0 Å². The smallest absolute Gasteiger partial charge is 0.271 e. The highest BCUT2D eigenvalue weighted by Gasteiger charge is 2.12. The van der Waals surface area contributed by atoms with E-state index in [2.05, 4.69) is 15.8 Å². The summed E-state index contributed by atoms with van der Waals surface area (Å²) in [5.74, 6) is -0.108. The lowest BCUT2D eigenvalue weighted by molar-refractivity contribution is 0.0846. The van der Waals surface area contributed by atoms with Crippen LogP contribution in [0.2, 0.25) is 0 Å². The van der Waals surface area contributed by atoms with Crippen molar-refractivity contribution in [3.63, 3.8) is 0 Å². The predicted molar refractivity (Wildman–Crippen MR) is 90.8 cm³/mol. The number of carbonyl (C=O) groups excluding carboxylic acids is 2. The molecular weight excluding hydrogens is 326 g/mol. The highest BCUT2D eigenvalue weighted by molar-refractivity contribution is 5.99. The number of ether oxygens (including phenoxy) is 2. The Morgan fingerprint density at radius 1 is 1.04 bits per heavy atom. The molecule has 0 atom stereocenters. The van der Waals surface area contributed by atoms with Crippen LogP contribution in [0.15, 0.2) is 41.3 Å². The highest BCUT2D eigenvalue weighted by atomic mass is 16.5. The number of aromatic nitrogens is 1. The molecule has 1 aromatic heterocycles. The molecule has 0 unspecified atom stereocenters. The van der Waals surface area contributed by atoms with Crippen LogP contribution in [0.3, 0.4) is 0 Å². The Morgan fingerprint density at radius 2 is 1.72 bits per heavy atom. The second kappa shape index (κ2) is 8.53. The van der Waals surface area contributed by atoms with Crippen LogP contribution in [0.4, 0.5) is 0 Å². The second-order valence-electron chi connectivity index (χ2n) is 5.06. The molecule has 1 aromatic carbocycles. The number of hydrogen-bond donors (Lipinski definition) is 3. The van der Waals surface area contributed by atoms with E-state index in [-0.39, 0.29) is 11.1 Å². The molecule has 2 aromatic rings. The minimum atomic E-state index is -0.556. The van der Waals surface area contributed by atoms with Gasteiger partial charge in [-0.1, -0.05) is 6.92 Å². The van der Waals surface area contributed by atoms with E-state index in [9.17, 15) is 14.4 Å². The molecular formula is C17H19N3O5. The molecule has 0 aliphatic carbocycles. The molecule has 0 spiro atoms. The van der Waals surface area contributed by atoms with Gasteiger partial charge < -0.3 is 14.5 Å². The number of pyridine rings is 1. The molecule has 0 saturated carbocycles. The summed E-state index contributed by atoms with van der Waals surface area (Å²) >= 11 is 0. The Hall–Kier alpha value is -3.29. The molecule has 1 heterocycles. The number of carbonyl (C=O) groups is 2. The molecule has 2 rings (SSSR count). The molecule has 0 aliphatic heterocycles. The molecule has 8 nitrogen and oxygen atoms in total. The fourth-order valence-corrected chi connectivity index (χ4v) is 1.95. The van der Waals surface area contributed by atoms with Gasteiger partial charge in [-0.3, -0.25) is 25.2 Å². The molecule has 3 N–H and O–H groups in total. The largest absolute Gasteiger partial charge is 0.493 e. The Morgan fingerprint density at radius 3 is 2.32 bits per heavy atom. The number of aromatic amines is 1. The van der Waals surface area contributed by atoms with Gasteiger partial charge in [0.25, 0.3) is 11.8 Å². The maximum absolute atomic E-state index is 12.1. The molecule has 0 bridgehead atoms. The van der Waals surface area contributed by atoms with Gasteiger partial charge in [-0.25, -0.2) is 0 Å². The average Bonchev–Trinajstić information content (AvgIpc) is 2.64. The molecule has 2 amide bonds. The standard InChI is InChI=1S/C17H19N3O5/c1-3-8-25-13-6-4-11(9-14(13)24-2)16(22)19-20-17(23)12-5-7-15(21)18-10-12/h4-7,9-10H,3,8H2,1-2H3,(H,18,21)(H,19,22)(H,20,23). The number of hydrazine groups is 1.